The number of nitrogens with zero attached hydrogens (tertiary/aromatic N) is 2. The Hall–Kier alpha value is -1.13. The van der Waals surface area contributed by atoms with Gasteiger partial charge in [0.25, 0.3) is 0 Å². The molecule has 1 aliphatic rings. The lowest BCUT2D eigenvalue weighted by Crippen LogP contribution is -2.37. The van der Waals surface area contributed by atoms with Crippen molar-refractivity contribution in [2.75, 3.05) is 24.5 Å². The molecule has 0 saturated carbocycles. The molecule has 1 aromatic carbocycles. The van der Waals surface area contributed by atoms with Crippen LogP contribution in [0.25, 0.3) is 0 Å². The van der Waals surface area contributed by atoms with Crippen LogP contribution in [0.5, 0.6) is 0 Å². The minimum atomic E-state index is -0.408. The Kier molecular flexibility index (Phi) is 5.59. The fourth-order valence-electron chi connectivity index (χ4n) is 2.96. The van der Waals surface area contributed by atoms with Crippen LogP contribution in [0, 0.1) is 5.82 Å². The second-order valence-electron chi connectivity index (χ2n) is 6.30. The molecule has 0 aromatic heterocycles. The Balaban J connectivity index is 2.24. The molecule has 0 amide bonds. The highest BCUT2D eigenvalue weighted by molar-refractivity contribution is 5.54. The molecule has 0 bridgehead atoms. The minimum Gasteiger partial charge on any atom is -0.392 e. The lowest BCUT2D eigenvalue weighted by atomic mass is 10.1. The van der Waals surface area contributed by atoms with Crippen LogP contribution in [0.1, 0.15) is 39.2 Å². The van der Waals surface area contributed by atoms with Crippen molar-refractivity contribution in [3.63, 3.8) is 0 Å². The Morgan fingerprint density at radius 2 is 1.90 bits per heavy atom. The summed E-state index contributed by atoms with van der Waals surface area (Å²) in [6.45, 7) is 9.06. The fourth-order valence-corrected chi connectivity index (χ4v) is 2.96. The van der Waals surface area contributed by atoms with Crippen LogP contribution in [0.4, 0.5) is 10.1 Å². The number of benzene rings is 1. The molecule has 3 nitrogen and oxygen atoms in total. The molecule has 1 saturated heterocycles. The van der Waals surface area contributed by atoms with Crippen molar-refractivity contribution >= 4 is 5.69 Å². The molecule has 1 aromatic rings. The number of aliphatic hydroxyl groups is 1. The van der Waals surface area contributed by atoms with Crippen LogP contribution < -0.4 is 4.90 Å². The van der Waals surface area contributed by atoms with E-state index in [0.717, 1.165) is 24.3 Å². The van der Waals surface area contributed by atoms with E-state index >= 15 is 0 Å². The molecule has 0 aliphatic carbocycles. The van der Waals surface area contributed by atoms with Gasteiger partial charge in [0.05, 0.1) is 6.10 Å². The third kappa shape index (κ3) is 4.17. The summed E-state index contributed by atoms with van der Waals surface area (Å²) in [7, 11) is 0. The molecule has 21 heavy (non-hydrogen) atoms. The summed E-state index contributed by atoms with van der Waals surface area (Å²) in [6, 6.07) is 5.62. The highest BCUT2D eigenvalue weighted by Crippen LogP contribution is 2.28. The summed E-state index contributed by atoms with van der Waals surface area (Å²) >= 11 is 0. The van der Waals surface area contributed by atoms with Crippen molar-refractivity contribution in [1.29, 1.82) is 0 Å². The van der Waals surface area contributed by atoms with Gasteiger partial charge in [0.15, 0.2) is 0 Å². The summed E-state index contributed by atoms with van der Waals surface area (Å²) < 4.78 is 14.3. The van der Waals surface area contributed by atoms with Gasteiger partial charge in [-0.05, 0) is 45.7 Å². The van der Waals surface area contributed by atoms with E-state index in [9.17, 15) is 9.50 Å². The Morgan fingerprint density at radius 1 is 1.24 bits per heavy atom. The van der Waals surface area contributed by atoms with Crippen molar-refractivity contribution < 1.29 is 9.50 Å². The molecular formula is C17H27FN2O. The first-order chi connectivity index (χ1) is 9.99. The molecule has 2 rings (SSSR count). The van der Waals surface area contributed by atoms with Crippen molar-refractivity contribution in [2.24, 2.45) is 0 Å². The lowest BCUT2D eigenvalue weighted by Gasteiger charge is -2.30. The Bertz CT molecular complexity index is 456. The maximum atomic E-state index is 14.3. The predicted molar refractivity (Wildman–Crippen MR) is 85.1 cm³/mol. The first kappa shape index (κ1) is 16.2. The van der Waals surface area contributed by atoms with E-state index < -0.39 is 6.10 Å². The van der Waals surface area contributed by atoms with Crippen LogP contribution in [0.15, 0.2) is 18.2 Å². The molecule has 118 valence electrons. The molecule has 1 unspecified atom stereocenters. The standard InChI is InChI=1S/C17H27FN2O/c1-13(2)20(11-14(3)21)12-15-16(18)7-6-8-17(15)19-9-4-5-10-19/h6-8,13-14,21H,4-5,9-12H2,1-3H3. The third-order valence-corrected chi connectivity index (χ3v) is 4.13. The SMILES string of the molecule is CC(O)CN(Cc1c(F)cccc1N1CCCC1)C(C)C. The summed E-state index contributed by atoms with van der Waals surface area (Å²) in [5.41, 5.74) is 1.78. The molecule has 1 aliphatic heterocycles. The fraction of sp³-hybridized carbons (Fsp3) is 0.647. The number of rotatable bonds is 6. The highest BCUT2D eigenvalue weighted by Gasteiger charge is 2.21. The minimum absolute atomic E-state index is 0.143. The van der Waals surface area contributed by atoms with Gasteiger partial charge in [-0.15, -0.1) is 0 Å². The average Bonchev–Trinajstić information content (AvgIpc) is 2.93. The van der Waals surface area contributed by atoms with Crippen LogP contribution in [-0.4, -0.2) is 41.8 Å². The van der Waals surface area contributed by atoms with Gasteiger partial charge in [-0.3, -0.25) is 4.90 Å². The number of hydrogen-bond acceptors (Lipinski definition) is 3. The molecular weight excluding hydrogens is 267 g/mol. The Labute approximate surface area is 127 Å². The van der Waals surface area contributed by atoms with Crippen LogP contribution in [0.3, 0.4) is 0 Å². The quantitative estimate of drug-likeness (QED) is 0.873. The van der Waals surface area contributed by atoms with Crippen molar-refractivity contribution in [2.45, 2.75) is 52.3 Å². The summed E-state index contributed by atoms with van der Waals surface area (Å²) in [4.78, 5) is 4.40. The van der Waals surface area contributed by atoms with E-state index in [2.05, 4.69) is 23.6 Å². The van der Waals surface area contributed by atoms with E-state index in [1.807, 2.05) is 6.07 Å². The van der Waals surface area contributed by atoms with E-state index in [0.29, 0.717) is 13.1 Å². The van der Waals surface area contributed by atoms with Crippen LogP contribution in [0.2, 0.25) is 0 Å². The molecule has 1 heterocycles. The van der Waals surface area contributed by atoms with E-state index in [4.69, 9.17) is 0 Å². The second kappa shape index (κ2) is 7.23. The van der Waals surface area contributed by atoms with Gasteiger partial charge >= 0.3 is 0 Å². The highest BCUT2D eigenvalue weighted by atomic mass is 19.1. The third-order valence-electron chi connectivity index (χ3n) is 4.13. The van der Waals surface area contributed by atoms with Gasteiger partial charge in [-0.25, -0.2) is 4.39 Å². The smallest absolute Gasteiger partial charge is 0.129 e. The lowest BCUT2D eigenvalue weighted by molar-refractivity contribution is 0.102. The number of aliphatic hydroxyl groups excluding tert-OH is 1. The topological polar surface area (TPSA) is 26.7 Å². The Morgan fingerprint density at radius 3 is 2.48 bits per heavy atom. The van der Waals surface area contributed by atoms with Crippen molar-refractivity contribution in [3.05, 3.63) is 29.6 Å². The number of halogens is 1. The summed E-state index contributed by atoms with van der Waals surface area (Å²) in [5.74, 6) is -0.143. The van der Waals surface area contributed by atoms with Crippen LogP contribution in [-0.2, 0) is 6.54 Å². The van der Waals surface area contributed by atoms with Crippen molar-refractivity contribution in [1.82, 2.24) is 4.90 Å². The normalized spacial score (nSPS) is 17.0. The largest absolute Gasteiger partial charge is 0.392 e. The summed E-state index contributed by atoms with van der Waals surface area (Å²) in [5, 5.41) is 9.65. The van der Waals surface area contributed by atoms with Gasteiger partial charge in [-0.1, -0.05) is 6.07 Å². The van der Waals surface area contributed by atoms with E-state index in [-0.39, 0.29) is 11.9 Å². The van der Waals surface area contributed by atoms with E-state index in [1.54, 1.807) is 13.0 Å². The zero-order chi connectivity index (χ0) is 15.4. The zero-order valence-electron chi connectivity index (χ0n) is 13.3. The van der Waals surface area contributed by atoms with Gasteiger partial charge in [-0.2, -0.15) is 0 Å². The number of hydrogen-bond donors (Lipinski definition) is 1. The van der Waals surface area contributed by atoms with E-state index in [1.165, 1.54) is 18.9 Å². The predicted octanol–water partition coefficient (Wildman–Crippen LogP) is 3.02. The zero-order valence-corrected chi connectivity index (χ0v) is 13.3. The monoisotopic (exact) mass is 294 g/mol. The molecule has 1 atom stereocenters. The maximum Gasteiger partial charge on any atom is 0.129 e. The maximum absolute atomic E-state index is 14.3. The van der Waals surface area contributed by atoms with Gasteiger partial charge in [0.2, 0.25) is 0 Å². The average molecular weight is 294 g/mol. The number of anilines is 1. The summed E-state index contributed by atoms with van der Waals surface area (Å²) in [6.07, 6.45) is 1.95. The van der Waals surface area contributed by atoms with Crippen LogP contribution >= 0.6 is 0 Å². The molecule has 1 fully saturated rings. The van der Waals surface area contributed by atoms with Gasteiger partial charge in [0.1, 0.15) is 5.82 Å². The van der Waals surface area contributed by atoms with Crippen molar-refractivity contribution in [3.8, 4) is 0 Å². The first-order valence-electron chi connectivity index (χ1n) is 7.93. The van der Waals surface area contributed by atoms with Gasteiger partial charge < -0.3 is 10.0 Å². The van der Waals surface area contributed by atoms with Gasteiger partial charge in [0, 0.05) is 43.5 Å². The molecule has 4 heteroatoms. The second-order valence-corrected chi connectivity index (χ2v) is 6.30. The first-order valence-corrected chi connectivity index (χ1v) is 7.93. The molecule has 1 N–H and O–H groups in total. The molecule has 0 spiro atoms. The molecule has 0 radical (unpaired) electrons.